The molecule has 0 radical (unpaired) electrons. The van der Waals surface area contributed by atoms with Gasteiger partial charge in [0.15, 0.2) is 0 Å². The number of nitrogens with one attached hydrogen (secondary N) is 1. The zero-order valence-electron chi connectivity index (χ0n) is 13.2. The Kier molecular flexibility index (Phi) is 3.66. The lowest BCUT2D eigenvalue weighted by Gasteiger charge is -2.24. The van der Waals surface area contributed by atoms with Crippen LogP contribution in [-0.2, 0) is 4.74 Å². The molecule has 122 valence electrons. The average Bonchev–Trinajstić information content (AvgIpc) is 3.32. The number of hydrogen-bond donors (Lipinski definition) is 1. The first-order valence-electron chi connectivity index (χ1n) is 7.78. The van der Waals surface area contributed by atoms with Crippen molar-refractivity contribution in [3.8, 4) is 11.3 Å². The maximum atomic E-state index is 12.8. The number of fused-ring (bicyclic) bond motifs is 1. The van der Waals surface area contributed by atoms with E-state index < -0.39 is 0 Å². The topological polar surface area (TPSA) is 71.4 Å². The fourth-order valence-corrected chi connectivity index (χ4v) is 3.18. The molecule has 0 spiro atoms. The third-order valence-electron chi connectivity index (χ3n) is 4.26. The van der Waals surface area contributed by atoms with Crippen LogP contribution in [0.3, 0.4) is 0 Å². The molecule has 6 nitrogen and oxygen atoms in total. The number of methoxy groups -OCH3 is 1. The van der Waals surface area contributed by atoms with Gasteiger partial charge >= 0.3 is 0 Å². The molecule has 0 aliphatic carbocycles. The lowest BCUT2D eigenvalue weighted by molar-refractivity contribution is 0.0660. The molecular formula is C18H17N3O3. The molecule has 1 atom stereocenters. The number of furan rings is 1. The monoisotopic (exact) mass is 323 g/mol. The molecule has 6 heteroatoms. The normalized spacial score (nSPS) is 16.6. The second kappa shape index (κ2) is 5.98. The minimum Gasteiger partial charge on any atom is -0.467 e. The molecule has 1 aliphatic rings. The van der Waals surface area contributed by atoms with Crippen LogP contribution in [-0.4, -0.2) is 41.3 Å². The fraction of sp³-hybridized carbons (Fsp3) is 0.222. The van der Waals surface area contributed by atoms with Gasteiger partial charge in [-0.05, 0) is 12.1 Å². The number of carbonyl (C=O) groups is 1. The summed E-state index contributed by atoms with van der Waals surface area (Å²) in [4.78, 5) is 14.6. The Morgan fingerprint density at radius 1 is 1.25 bits per heavy atom. The second-order valence-corrected chi connectivity index (χ2v) is 5.64. The van der Waals surface area contributed by atoms with Crippen LogP contribution in [0.1, 0.15) is 27.9 Å². The van der Waals surface area contributed by atoms with E-state index in [-0.39, 0.29) is 11.9 Å². The zero-order valence-corrected chi connectivity index (χ0v) is 13.2. The van der Waals surface area contributed by atoms with Gasteiger partial charge in [0.25, 0.3) is 5.91 Å². The van der Waals surface area contributed by atoms with E-state index in [1.165, 1.54) is 0 Å². The number of aromatic amines is 1. The third-order valence-corrected chi connectivity index (χ3v) is 4.26. The number of ether oxygens (including phenoxy) is 1. The van der Waals surface area contributed by atoms with Gasteiger partial charge in [0.1, 0.15) is 17.5 Å². The average molecular weight is 323 g/mol. The summed E-state index contributed by atoms with van der Waals surface area (Å²) in [5.74, 6) is 0.634. The third kappa shape index (κ3) is 2.23. The molecule has 3 heterocycles. The van der Waals surface area contributed by atoms with Crippen LogP contribution in [0.5, 0.6) is 0 Å². The van der Waals surface area contributed by atoms with E-state index in [0.717, 1.165) is 22.6 Å². The number of aromatic nitrogens is 2. The molecule has 0 unspecified atom stereocenters. The van der Waals surface area contributed by atoms with Crippen LogP contribution >= 0.6 is 0 Å². The fourth-order valence-electron chi connectivity index (χ4n) is 3.18. The van der Waals surface area contributed by atoms with Crippen molar-refractivity contribution < 1.29 is 13.9 Å². The summed E-state index contributed by atoms with van der Waals surface area (Å²) in [7, 11) is 1.62. The predicted octanol–water partition coefficient (Wildman–Crippen LogP) is 2.86. The minimum atomic E-state index is -0.299. The summed E-state index contributed by atoms with van der Waals surface area (Å²) in [6.07, 6.45) is 1.62. The number of hydrogen-bond acceptors (Lipinski definition) is 4. The van der Waals surface area contributed by atoms with E-state index in [1.54, 1.807) is 18.3 Å². The molecule has 1 aromatic carbocycles. The van der Waals surface area contributed by atoms with Crippen molar-refractivity contribution in [2.75, 3.05) is 20.3 Å². The van der Waals surface area contributed by atoms with E-state index in [9.17, 15) is 4.79 Å². The Labute approximate surface area is 139 Å². The lowest BCUT2D eigenvalue weighted by Crippen LogP contribution is -2.32. The molecule has 1 aliphatic heterocycles. The van der Waals surface area contributed by atoms with Crippen molar-refractivity contribution in [2.24, 2.45) is 0 Å². The highest BCUT2D eigenvalue weighted by molar-refractivity contribution is 6.00. The highest BCUT2D eigenvalue weighted by Gasteiger charge is 2.43. The van der Waals surface area contributed by atoms with Crippen LogP contribution < -0.4 is 0 Å². The molecule has 1 N–H and O–H groups in total. The largest absolute Gasteiger partial charge is 0.467 e. The Morgan fingerprint density at radius 3 is 2.79 bits per heavy atom. The van der Waals surface area contributed by atoms with E-state index >= 15 is 0 Å². The van der Waals surface area contributed by atoms with Crippen LogP contribution in [0, 0.1) is 0 Å². The van der Waals surface area contributed by atoms with E-state index in [4.69, 9.17) is 9.15 Å². The van der Waals surface area contributed by atoms with Gasteiger partial charge < -0.3 is 14.1 Å². The SMILES string of the molecule is COCCN1C(=O)c2[nH]nc(-c3ccccc3)c2[C@H]1c1ccco1. The standard InChI is InChI=1S/C18H17N3O3/c1-23-11-9-21-17(13-8-5-10-24-13)14-15(12-6-3-2-4-7-12)19-20-16(14)18(21)22/h2-8,10,17H,9,11H2,1H3,(H,19,20)/t17-/m1/s1. The van der Waals surface area contributed by atoms with Crippen LogP contribution in [0.2, 0.25) is 0 Å². The van der Waals surface area contributed by atoms with Crippen molar-refractivity contribution in [3.05, 3.63) is 65.7 Å². The Morgan fingerprint density at radius 2 is 2.08 bits per heavy atom. The summed E-state index contributed by atoms with van der Waals surface area (Å²) in [6.45, 7) is 0.943. The van der Waals surface area contributed by atoms with Gasteiger partial charge in [0, 0.05) is 24.8 Å². The quantitative estimate of drug-likeness (QED) is 0.784. The first-order chi connectivity index (χ1) is 11.8. The maximum Gasteiger partial charge on any atom is 0.273 e. The maximum absolute atomic E-state index is 12.8. The van der Waals surface area contributed by atoms with Crippen molar-refractivity contribution in [1.29, 1.82) is 0 Å². The molecule has 3 aromatic rings. The number of H-pyrrole nitrogens is 1. The number of benzene rings is 1. The van der Waals surface area contributed by atoms with Crippen LogP contribution in [0.25, 0.3) is 11.3 Å². The summed E-state index contributed by atoms with van der Waals surface area (Å²) >= 11 is 0. The molecule has 4 rings (SSSR count). The lowest BCUT2D eigenvalue weighted by atomic mass is 10.0. The Hall–Kier alpha value is -2.86. The van der Waals surface area contributed by atoms with Gasteiger partial charge in [-0.25, -0.2) is 0 Å². The summed E-state index contributed by atoms with van der Waals surface area (Å²) in [5.41, 5.74) is 3.12. The molecule has 0 saturated heterocycles. The van der Waals surface area contributed by atoms with Crippen molar-refractivity contribution in [3.63, 3.8) is 0 Å². The number of rotatable bonds is 5. The first kappa shape index (κ1) is 14.7. The number of amides is 1. The molecule has 24 heavy (non-hydrogen) atoms. The Balaban J connectivity index is 1.84. The van der Waals surface area contributed by atoms with Crippen molar-refractivity contribution in [2.45, 2.75) is 6.04 Å². The molecule has 1 amide bonds. The minimum absolute atomic E-state index is 0.0851. The van der Waals surface area contributed by atoms with Crippen molar-refractivity contribution in [1.82, 2.24) is 15.1 Å². The van der Waals surface area contributed by atoms with Crippen LogP contribution in [0.4, 0.5) is 0 Å². The first-order valence-corrected chi connectivity index (χ1v) is 7.78. The number of carbonyl (C=O) groups excluding carboxylic acids is 1. The second-order valence-electron chi connectivity index (χ2n) is 5.64. The predicted molar refractivity (Wildman–Crippen MR) is 87.5 cm³/mol. The van der Waals surface area contributed by atoms with Gasteiger partial charge in [0.2, 0.25) is 0 Å². The van der Waals surface area contributed by atoms with Gasteiger partial charge in [-0.15, -0.1) is 0 Å². The van der Waals surface area contributed by atoms with Gasteiger partial charge in [0.05, 0.1) is 18.6 Å². The highest BCUT2D eigenvalue weighted by atomic mass is 16.5. The molecule has 0 fully saturated rings. The summed E-state index contributed by atoms with van der Waals surface area (Å²) in [6, 6.07) is 13.2. The summed E-state index contributed by atoms with van der Waals surface area (Å²) < 4.78 is 10.8. The highest BCUT2D eigenvalue weighted by Crippen LogP contribution is 2.42. The molecular weight excluding hydrogens is 306 g/mol. The molecule has 0 saturated carbocycles. The van der Waals surface area contributed by atoms with Gasteiger partial charge in [-0.1, -0.05) is 30.3 Å². The Bertz CT molecular complexity index is 840. The van der Waals surface area contributed by atoms with Gasteiger partial charge in [-0.2, -0.15) is 5.10 Å². The molecule has 2 aromatic heterocycles. The summed E-state index contributed by atoms with van der Waals surface area (Å²) in [5, 5.41) is 7.30. The number of nitrogens with zero attached hydrogens (tertiary/aromatic N) is 2. The van der Waals surface area contributed by atoms with Crippen molar-refractivity contribution >= 4 is 5.91 Å². The molecule has 0 bridgehead atoms. The van der Waals surface area contributed by atoms with E-state index in [2.05, 4.69) is 10.2 Å². The zero-order chi connectivity index (χ0) is 16.5. The van der Waals surface area contributed by atoms with E-state index in [0.29, 0.717) is 18.8 Å². The van der Waals surface area contributed by atoms with Crippen LogP contribution in [0.15, 0.2) is 53.1 Å². The van der Waals surface area contributed by atoms with Gasteiger partial charge in [-0.3, -0.25) is 9.89 Å². The van der Waals surface area contributed by atoms with E-state index in [1.807, 2.05) is 42.5 Å². The smallest absolute Gasteiger partial charge is 0.273 e.